The lowest BCUT2D eigenvalue weighted by Crippen LogP contribution is -2.39. The molecule has 1 aliphatic rings. The summed E-state index contributed by atoms with van der Waals surface area (Å²) in [4.78, 5) is 6.81. The monoisotopic (exact) mass is 297 g/mol. The second kappa shape index (κ2) is 5.36. The molecule has 2 rings (SSSR count). The van der Waals surface area contributed by atoms with Crippen LogP contribution in [0.2, 0.25) is 0 Å². The molecule has 0 spiro atoms. The summed E-state index contributed by atoms with van der Waals surface area (Å²) in [6, 6.07) is 3.09. The van der Waals surface area contributed by atoms with Gasteiger partial charge in [-0.25, -0.2) is 4.98 Å². The Balaban J connectivity index is 2.11. The van der Waals surface area contributed by atoms with E-state index in [0.717, 1.165) is 23.1 Å². The van der Waals surface area contributed by atoms with Crippen LogP contribution in [0.1, 0.15) is 31.2 Å². The van der Waals surface area contributed by atoms with E-state index in [1.165, 1.54) is 18.4 Å². The molecular weight excluding hydrogens is 278 g/mol. The molecule has 0 amide bonds. The van der Waals surface area contributed by atoms with Crippen molar-refractivity contribution in [1.82, 2.24) is 4.98 Å². The van der Waals surface area contributed by atoms with Crippen molar-refractivity contribution in [1.29, 1.82) is 0 Å². The molecule has 0 unspecified atom stereocenters. The van der Waals surface area contributed by atoms with E-state index in [1.807, 2.05) is 6.20 Å². The topological polar surface area (TPSA) is 42.2 Å². The van der Waals surface area contributed by atoms with Crippen LogP contribution < -0.4 is 10.6 Å². The number of halogens is 1. The van der Waals surface area contributed by atoms with Crippen LogP contribution in [0.4, 0.5) is 5.82 Å². The van der Waals surface area contributed by atoms with E-state index in [4.69, 9.17) is 5.73 Å². The zero-order valence-electron chi connectivity index (χ0n) is 10.5. The summed E-state index contributed by atoms with van der Waals surface area (Å²) in [6.07, 6.45) is 6.50. The van der Waals surface area contributed by atoms with E-state index in [9.17, 15) is 0 Å². The SMILES string of the molecule is Cc1cnc(N(C)C2CCC(N)CC2)c(Br)c1. The number of nitrogens with zero attached hydrogens (tertiary/aromatic N) is 2. The predicted octanol–water partition coefficient (Wildman–Crippen LogP) is 2.86. The van der Waals surface area contributed by atoms with Crippen LogP contribution >= 0.6 is 15.9 Å². The highest BCUT2D eigenvalue weighted by atomic mass is 79.9. The van der Waals surface area contributed by atoms with Crippen molar-refractivity contribution in [3.05, 3.63) is 22.3 Å². The summed E-state index contributed by atoms with van der Waals surface area (Å²) in [6.45, 7) is 2.06. The molecule has 0 bridgehead atoms. The highest BCUT2D eigenvalue weighted by Gasteiger charge is 2.23. The number of nitrogens with two attached hydrogens (primary N) is 1. The largest absolute Gasteiger partial charge is 0.356 e. The molecule has 0 atom stereocenters. The van der Waals surface area contributed by atoms with Gasteiger partial charge in [0.2, 0.25) is 0 Å². The van der Waals surface area contributed by atoms with E-state index < -0.39 is 0 Å². The minimum atomic E-state index is 0.397. The van der Waals surface area contributed by atoms with E-state index in [-0.39, 0.29) is 0 Å². The number of anilines is 1. The van der Waals surface area contributed by atoms with E-state index in [2.05, 4.69) is 45.9 Å². The fourth-order valence-electron chi connectivity index (χ4n) is 2.45. The van der Waals surface area contributed by atoms with Gasteiger partial charge in [-0.2, -0.15) is 0 Å². The van der Waals surface area contributed by atoms with E-state index >= 15 is 0 Å². The van der Waals surface area contributed by atoms with Crippen LogP contribution in [-0.2, 0) is 0 Å². The third kappa shape index (κ3) is 2.99. The van der Waals surface area contributed by atoms with E-state index in [0.29, 0.717) is 12.1 Å². The van der Waals surface area contributed by atoms with Crippen molar-refractivity contribution >= 4 is 21.7 Å². The summed E-state index contributed by atoms with van der Waals surface area (Å²) in [7, 11) is 2.13. The first-order valence-corrected chi connectivity index (χ1v) is 6.98. The summed E-state index contributed by atoms with van der Waals surface area (Å²) in [5.41, 5.74) is 7.12. The Bertz CT molecular complexity index is 386. The van der Waals surface area contributed by atoms with Crippen LogP contribution in [-0.4, -0.2) is 24.1 Å². The Hall–Kier alpha value is -0.610. The molecule has 0 aliphatic heterocycles. The van der Waals surface area contributed by atoms with Gasteiger partial charge in [-0.05, 0) is 60.2 Å². The summed E-state index contributed by atoms with van der Waals surface area (Å²) in [5, 5.41) is 0. The first-order chi connectivity index (χ1) is 8.08. The van der Waals surface area contributed by atoms with Gasteiger partial charge in [0.05, 0.1) is 4.47 Å². The first kappa shape index (κ1) is 12.8. The lowest BCUT2D eigenvalue weighted by atomic mass is 9.91. The smallest absolute Gasteiger partial charge is 0.142 e. The third-order valence-electron chi connectivity index (χ3n) is 3.58. The van der Waals surface area contributed by atoms with Crippen LogP contribution in [0.3, 0.4) is 0 Å². The van der Waals surface area contributed by atoms with Gasteiger partial charge in [0, 0.05) is 25.3 Å². The van der Waals surface area contributed by atoms with Crippen LogP contribution in [0, 0.1) is 6.92 Å². The average molecular weight is 298 g/mol. The molecule has 0 radical (unpaired) electrons. The van der Waals surface area contributed by atoms with Crippen molar-refractivity contribution < 1.29 is 0 Å². The first-order valence-electron chi connectivity index (χ1n) is 6.18. The normalized spacial score (nSPS) is 24.7. The Morgan fingerprint density at radius 2 is 2.00 bits per heavy atom. The molecule has 0 aromatic carbocycles. The quantitative estimate of drug-likeness (QED) is 0.913. The standard InChI is InChI=1S/C13H20BrN3/c1-9-7-12(14)13(16-8-9)17(2)11-5-3-10(15)4-6-11/h7-8,10-11H,3-6,15H2,1-2H3. The number of rotatable bonds is 2. The maximum absolute atomic E-state index is 5.94. The van der Waals surface area contributed by atoms with Gasteiger partial charge in [0.25, 0.3) is 0 Å². The van der Waals surface area contributed by atoms with Gasteiger partial charge < -0.3 is 10.6 Å². The molecule has 1 aliphatic carbocycles. The highest BCUT2D eigenvalue weighted by Crippen LogP contribution is 2.29. The second-order valence-corrected chi connectivity index (χ2v) is 5.85. The molecule has 94 valence electrons. The Kier molecular flexibility index (Phi) is 4.05. The van der Waals surface area contributed by atoms with E-state index in [1.54, 1.807) is 0 Å². The zero-order chi connectivity index (χ0) is 12.4. The molecule has 2 N–H and O–H groups in total. The number of hydrogen-bond acceptors (Lipinski definition) is 3. The van der Waals surface area contributed by atoms with Gasteiger partial charge in [-0.15, -0.1) is 0 Å². The molecule has 17 heavy (non-hydrogen) atoms. The Labute approximate surface area is 112 Å². The van der Waals surface area contributed by atoms with Crippen LogP contribution in [0.25, 0.3) is 0 Å². The Morgan fingerprint density at radius 1 is 1.35 bits per heavy atom. The summed E-state index contributed by atoms with van der Waals surface area (Å²) in [5.74, 6) is 1.04. The second-order valence-electron chi connectivity index (χ2n) is 5.00. The minimum Gasteiger partial charge on any atom is -0.356 e. The minimum absolute atomic E-state index is 0.397. The third-order valence-corrected chi connectivity index (χ3v) is 4.17. The van der Waals surface area contributed by atoms with Crippen molar-refractivity contribution in [2.24, 2.45) is 5.73 Å². The fraction of sp³-hybridized carbons (Fsp3) is 0.615. The summed E-state index contributed by atoms with van der Waals surface area (Å²) < 4.78 is 1.08. The van der Waals surface area contributed by atoms with Gasteiger partial charge in [0.15, 0.2) is 0 Å². The van der Waals surface area contributed by atoms with Crippen molar-refractivity contribution in [3.8, 4) is 0 Å². The molecule has 1 fully saturated rings. The molecule has 3 nitrogen and oxygen atoms in total. The number of aryl methyl sites for hydroxylation is 1. The molecular formula is C13H20BrN3. The van der Waals surface area contributed by atoms with Crippen LogP contribution in [0.5, 0.6) is 0 Å². The molecule has 1 aromatic rings. The van der Waals surface area contributed by atoms with Gasteiger partial charge >= 0.3 is 0 Å². The molecule has 1 heterocycles. The summed E-state index contributed by atoms with van der Waals surface area (Å²) >= 11 is 3.60. The lowest BCUT2D eigenvalue weighted by molar-refractivity contribution is 0.383. The predicted molar refractivity (Wildman–Crippen MR) is 75.3 cm³/mol. The fourth-order valence-corrected chi connectivity index (χ4v) is 3.19. The molecule has 0 saturated heterocycles. The molecule has 1 saturated carbocycles. The number of hydrogen-bond donors (Lipinski definition) is 1. The van der Waals surface area contributed by atoms with Gasteiger partial charge in [0.1, 0.15) is 5.82 Å². The van der Waals surface area contributed by atoms with Crippen molar-refractivity contribution in [2.75, 3.05) is 11.9 Å². The Morgan fingerprint density at radius 3 is 2.59 bits per heavy atom. The number of pyridine rings is 1. The zero-order valence-corrected chi connectivity index (χ0v) is 12.1. The van der Waals surface area contributed by atoms with Gasteiger partial charge in [-0.3, -0.25) is 0 Å². The van der Waals surface area contributed by atoms with Gasteiger partial charge in [-0.1, -0.05) is 0 Å². The maximum Gasteiger partial charge on any atom is 0.142 e. The maximum atomic E-state index is 5.94. The molecule has 4 heteroatoms. The van der Waals surface area contributed by atoms with Crippen molar-refractivity contribution in [3.63, 3.8) is 0 Å². The molecule has 1 aromatic heterocycles. The van der Waals surface area contributed by atoms with Crippen LogP contribution in [0.15, 0.2) is 16.7 Å². The number of aromatic nitrogens is 1. The lowest BCUT2D eigenvalue weighted by Gasteiger charge is -2.34. The van der Waals surface area contributed by atoms with Crippen molar-refractivity contribution in [2.45, 2.75) is 44.7 Å². The average Bonchev–Trinajstić information content (AvgIpc) is 2.29. The highest BCUT2D eigenvalue weighted by molar-refractivity contribution is 9.10.